The molecule has 134 valence electrons. The van der Waals surface area contributed by atoms with Gasteiger partial charge in [-0.3, -0.25) is 0 Å². The van der Waals surface area contributed by atoms with Crippen LogP contribution in [-0.2, 0) is 16.1 Å². The number of nitrogens with zero attached hydrogens (tertiary/aromatic N) is 2. The summed E-state index contributed by atoms with van der Waals surface area (Å²) >= 11 is 0. The SMILES string of the molecule is CCOC(=O)C1=C(NCCCN(C)C)c2cc3ccccc3n2CC1. The topological polar surface area (TPSA) is 46.5 Å². The molecular weight excluding hydrogens is 314 g/mol. The minimum atomic E-state index is -0.200. The molecule has 0 saturated heterocycles. The largest absolute Gasteiger partial charge is 0.463 e. The second-order valence-corrected chi connectivity index (χ2v) is 6.65. The predicted molar refractivity (Wildman–Crippen MR) is 101 cm³/mol. The number of rotatable bonds is 7. The summed E-state index contributed by atoms with van der Waals surface area (Å²) in [4.78, 5) is 14.6. The second kappa shape index (κ2) is 7.74. The third kappa shape index (κ3) is 3.71. The molecule has 1 aromatic heterocycles. The molecule has 0 unspecified atom stereocenters. The van der Waals surface area contributed by atoms with Crippen LogP contribution in [0.2, 0.25) is 0 Å². The van der Waals surface area contributed by atoms with E-state index in [9.17, 15) is 4.79 Å². The molecule has 0 bridgehead atoms. The van der Waals surface area contributed by atoms with E-state index in [2.05, 4.69) is 59.2 Å². The molecule has 1 N–H and O–H groups in total. The van der Waals surface area contributed by atoms with Gasteiger partial charge in [-0.2, -0.15) is 0 Å². The van der Waals surface area contributed by atoms with Crippen LogP contribution in [-0.4, -0.2) is 49.2 Å². The Labute approximate surface area is 149 Å². The molecule has 0 atom stereocenters. The maximum atomic E-state index is 12.4. The molecule has 5 nitrogen and oxygen atoms in total. The van der Waals surface area contributed by atoms with Crippen molar-refractivity contribution in [3.63, 3.8) is 0 Å². The van der Waals surface area contributed by atoms with Crippen molar-refractivity contribution in [3.8, 4) is 0 Å². The highest BCUT2D eigenvalue weighted by Crippen LogP contribution is 2.32. The van der Waals surface area contributed by atoms with Gasteiger partial charge in [0.2, 0.25) is 0 Å². The summed E-state index contributed by atoms with van der Waals surface area (Å²) in [6, 6.07) is 10.5. The van der Waals surface area contributed by atoms with E-state index >= 15 is 0 Å². The molecule has 0 amide bonds. The number of aromatic nitrogens is 1. The number of aryl methyl sites for hydroxylation is 1. The zero-order chi connectivity index (χ0) is 17.8. The number of hydrogen-bond donors (Lipinski definition) is 1. The van der Waals surface area contributed by atoms with E-state index in [1.54, 1.807) is 0 Å². The number of para-hydroxylation sites is 1. The number of carbonyl (C=O) groups excluding carboxylic acids is 1. The van der Waals surface area contributed by atoms with E-state index in [1.807, 2.05) is 6.92 Å². The Bertz CT molecular complexity index is 789. The highest BCUT2D eigenvalue weighted by Gasteiger charge is 2.26. The summed E-state index contributed by atoms with van der Waals surface area (Å²) in [6.45, 7) is 4.90. The molecule has 0 aliphatic carbocycles. The molecule has 2 aromatic rings. The number of fused-ring (bicyclic) bond motifs is 3. The van der Waals surface area contributed by atoms with Crippen LogP contribution < -0.4 is 5.32 Å². The van der Waals surface area contributed by atoms with Gasteiger partial charge in [-0.1, -0.05) is 18.2 Å². The molecule has 1 aliphatic rings. The standard InChI is InChI=1S/C20H27N3O2/c1-4-25-20(24)16-10-13-23-17-9-6-5-8-15(17)14-18(23)19(16)21-11-7-12-22(2)3/h5-6,8-9,14,21H,4,7,10-13H2,1-3H3. The Morgan fingerprint density at radius 3 is 2.88 bits per heavy atom. The molecular formula is C20H27N3O2. The monoisotopic (exact) mass is 341 g/mol. The van der Waals surface area contributed by atoms with E-state index in [1.165, 1.54) is 10.9 Å². The highest BCUT2D eigenvalue weighted by atomic mass is 16.5. The average Bonchev–Trinajstić information content (AvgIpc) is 2.97. The number of nitrogens with one attached hydrogen (secondary N) is 1. The van der Waals surface area contributed by atoms with Crippen LogP contribution in [0.5, 0.6) is 0 Å². The van der Waals surface area contributed by atoms with Gasteiger partial charge in [0.05, 0.1) is 23.6 Å². The van der Waals surface area contributed by atoms with Crippen LogP contribution in [0.25, 0.3) is 16.6 Å². The normalized spacial score (nSPS) is 14.1. The lowest BCUT2D eigenvalue weighted by Crippen LogP contribution is -2.27. The van der Waals surface area contributed by atoms with E-state index in [0.717, 1.165) is 43.0 Å². The fourth-order valence-electron chi connectivity index (χ4n) is 3.39. The second-order valence-electron chi connectivity index (χ2n) is 6.65. The minimum absolute atomic E-state index is 0.200. The van der Waals surface area contributed by atoms with Gasteiger partial charge >= 0.3 is 5.97 Å². The Kier molecular flexibility index (Phi) is 5.43. The van der Waals surface area contributed by atoms with Crippen molar-refractivity contribution in [2.75, 3.05) is 33.8 Å². The van der Waals surface area contributed by atoms with Gasteiger partial charge in [-0.15, -0.1) is 0 Å². The van der Waals surface area contributed by atoms with Gasteiger partial charge in [0.15, 0.2) is 0 Å². The van der Waals surface area contributed by atoms with Crippen LogP contribution in [0, 0.1) is 0 Å². The van der Waals surface area contributed by atoms with Crippen LogP contribution in [0.4, 0.5) is 0 Å². The van der Waals surface area contributed by atoms with Crippen molar-refractivity contribution in [1.82, 2.24) is 14.8 Å². The predicted octanol–water partition coefficient (Wildman–Crippen LogP) is 2.86. The maximum absolute atomic E-state index is 12.4. The molecule has 0 saturated carbocycles. The molecule has 0 spiro atoms. The molecule has 25 heavy (non-hydrogen) atoms. The Morgan fingerprint density at radius 2 is 2.12 bits per heavy atom. The molecule has 1 aliphatic heterocycles. The van der Waals surface area contributed by atoms with E-state index < -0.39 is 0 Å². The van der Waals surface area contributed by atoms with Crippen molar-refractivity contribution in [1.29, 1.82) is 0 Å². The van der Waals surface area contributed by atoms with Crippen molar-refractivity contribution in [2.45, 2.75) is 26.3 Å². The number of benzene rings is 1. The number of ether oxygens (including phenoxy) is 1. The quantitative estimate of drug-likeness (QED) is 0.621. The van der Waals surface area contributed by atoms with E-state index in [0.29, 0.717) is 13.0 Å². The lowest BCUT2D eigenvalue weighted by molar-refractivity contribution is -0.138. The first-order valence-corrected chi connectivity index (χ1v) is 8.99. The summed E-state index contributed by atoms with van der Waals surface area (Å²) in [6.07, 6.45) is 1.72. The van der Waals surface area contributed by atoms with Crippen LogP contribution >= 0.6 is 0 Å². The molecule has 0 radical (unpaired) electrons. The zero-order valence-electron chi connectivity index (χ0n) is 15.3. The van der Waals surface area contributed by atoms with Crippen molar-refractivity contribution in [2.24, 2.45) is 0 Å². The van der Waals surface area contributed by atoms with Gasteiger partial charge < -0.3 is 19.5 Å². The fourth-order valence-corrected chi connectivity index (χ4v) is 3.39. The average molecular weight is 341 g/mol. The third-order valence-electron chi connectivity index (χ3n) is 4.56. The van der Waals surface area contributed by atoms with E-state index in [4.69, 9.17) is 4.74 Å². The smallest absolute Gasteiger partial charge is 0.336 e. The van der Waals surface area contributed by atoms with Crippen molar-refractivity contribution < 1.29 is 9.53 Å². The van der Waals surface area contributed by atoms with Crippen LogP contribution in [0.1, 0.15) is 25.5 Å². The minimum Gasteiger partial charge on any atom is -0.463 e. The summed E-state index contributed by atoms with van der Waals surface area (Å²) in [5.74, 6) is -0.200. The lowest BCUT2D eigenvalue weighted by atomic mass is 10.0. The Hall–Kier alpha value is -2.27. The Balaban J connectivity index is 1.94. The number of carbonyl (C=O) groups is 1. The van der Waals surface area contributed by atoms with E-state index in [-0.39, 0.29) is 5.97 Å². The van der Waals surface area contributed by atoms with Crippen molar-refractivity contribution in [3.05, 3.63) is 41.6 Å². The molecule has 5 heteroatoms. The first-order valence-electron chi connectivity index (χ1n) is 8.99. The van der Waals surface area contributed by atoms with Gasteiger partial charge in [0.25, 0.3) is 0 Å². The van der Waals surface area contributed by atoms with Crippen molar-refractivity contribution >= 4 is 22.6 Å². The first-order chi connectivity index (χ1) is 12.1. The molecule has 2 heterocycles. The third-order valence-corrected chi connectivity index (χ3v) is 4.56. The molecule has 1 aromatic carbocycles. The molecule has 3 rings (SSSR count). The number of hydrogen-bond acceptors (Lipinski definition) is 4. The Morgan fingerprint density at radius 1 is 1.32 bits per heavy atom. The number of esters is 1. The summed E-state index contributed by atoms with van der Waals surface area (Å²) in [7, 11) is 4.14. The molecule has 0 fully saturated rings. The van der Waals surface area contributed by atoms with Gasteiger partial charge in [0.1, 0.15) is 0 Å². The maximum Gasteiger partial charge on any atom is 0.336 e. The first kappa shape index (κ1) is 17.5. The summed E-state index contributed by atoms with van der Waals surface area (Å²) < 4.78 is 7.59. The van der Waals surface area contributed by atoms with Gasteiger partial charge in [-0.25, -0.2) is 4.79 Å². The van der Waals surface area contributed by atoms with Gasteiger partial charge in [-0.05, 0) is 52.5 Å². The lowest BCUT2D eigenvalue weighted by Gasteiger charge is -2.24. The fraction of sp³-hybridized carbons (Fsp3) is 0.450. The summed E-state index contributed by atoms with van der Waals surface area (Å²) in [5.41, 5.74) is 4.00. The van der Waals surface area contributed by atoms with Crippen LogP contribution in [0.15, 0.2) is 35.9 Å². The summed E-state index contributed by atoms with van der Waals surface area (Å²) in [5, 5.41) is 4.72. The highest BCUT2D eigenvalue weighted by molar-refractivity contribution is 5.99. The van der Waals surface area contributed by atoms with Crippen LogP contribution in [0.3, 0.4) is 0 Å². The van der Waals surface area contributed by atoms with Gasteiger partial charge in [0, 0.05) is 24.0 Å². The zero-order valence-corrected chi connectivity index (χ0v) is 15.3.